The molecule has 1 aliphatic heterocycles. The van der Waals surface area contributed by atoms with Crippen LogP contribution < -0.4 is 5.73 Å². The zero-order chi connectivity index (χ0) is 17.0. The fourth-order valence-corrected chi connectivity index (χ4v) is 3.83. The maximum atomic E-state index is 12.2. The summed E-state index contributed by atoms with van der Waals surface area (Å²) in [6.45, 7) is 6.45. The lowest BCUT2D eigenvalue weighted by Crippen LogP contribution is -2.43. The Labute approximate surface area is 143 Å². The maximum Gasteiger partial charge on any atom is 0.410 e. The first-order chi connectivity index (χ1) is 10.7. The van der Waals surface area contributed by atoms with E-state index in [0.29, 0.717) is 18.8 Å². The highest BCUT2D eigenvalue weighted by atomic mass is 79.9. The first-order valence-corrected chi connectivity index (χ1v) is 8.35. The molecule has 2 atom stereocenters. The molecule has 0 spiro atoms. The molecule has 0 aromatic carbocycles. The Morgan fingerprint density at radius 2 is 1.96 bits per heavy atom. The van der Waals surface area contributed by atoms with Crippen LogP contribution in [0.25, 0.3) is 0 Å². The van der Waals surface area contributed by atoms with Crippen LogP contribution in [0.1, 0.15) is 26.5 Å². The van der Waals surface area contributed by atoms with Gasteiger partial charge in [0, 0.05) is 35.6 Å². The molecule has 1 aromatic heterocycles. The third kappa shape index (κ3) is 2.60. The van der Waals surface area contributed by atoms with Gasteiger partial charge in [-0.1, -0.05) is 0 Å². The molecule has 0 bridgehead atoms. The Hall–Kier alpha value is -1.63. The van der Waals surface area contributed by atoms with Gasteiger partial charge in [0.05, 0.1) is 5.69 Å². The van der Waals surface area contributed by atoms with Crippen LogP contribution in [-0.4, -0.2) is 40.6 Å². The zero-order valence-corrected chi connectivity index (χ0v) is 15.0. The molecule has 2 heterocycles. The van der Waals surface area contributed by atoms with Crippen LogP contribution in [0.3, 0.4) is 0 Å². The first-order valence-electron chi connectivity index (χ1n) is 7.56. The fourth-order valence-electron chi connectivity index (χ4n) is 3.60. The van der Waals surface area contributed by atoms with Crippen molar-refractivity contribution in [3.8, 4) is 0 Å². The summed E-state index contributed by atoms with van der Waals surface area (Å²) >= 11 is 3.34. The van der Waals surface area contributed by atoms with Crippen LogP contribution in [-0.2, 0) is 14.9 Å². The Balaban J connectivity index is 1.77. The SMILES string of the molecule is CC(C)(C)OC(=O)N1CC2C(C1)C2(C(N)=O)c1ccc(Br)cn1. The molecule has 23 heavy (non-hydrogen) atoms. The van der Waals surface area contributed by atoms with E-state index in [2.05, 4.69) is 20.9 Å². The predicted octanol–water partition coefficient (Wildman–Crippen LogP) is 2.06. The van der Waals surface area contributed by atoms with Crippen LogP contribution in [0, 0.1) is 11.8 Å². The van der Waals surface area contributed by atoms with Crippen molar-refractivity contribution in [2.75, 3.05) is 13.1 Å². The van der Waals surface area contributed by atoms with E-state index in [9.17, 15) is 9.59 Å². The summed E-state index contributed by atoms with van der Waals surface area (Å²) in [6.07, 6.45) is 1.33. The number of nitrogens with two attached hydrogens (primary N) is 1. The van der Waals surface area contributed by atoms with Crippen LogP contribution >= 0.6 is 15.9 Å². The number of aromatic nitrogens is 1. The molecule has 2 fully saturated rings. The number of halogens is 1. The summed E-state index contributed by atoms with van der Waals surface area (Å²) in [5, 5.41) is 0. The molecule has 1 aliphatic carbocycles. The number of amides is 2. The van der Waals surface area contributed by atoms with Crippen LogP contribution in [0.5, 0.6) is 0 Å². The average Bonchev–Trinajstić information content (AvgIpc) is 2.84. The lowest BCUT2D eigenvalue weighted by molar-refractivity contribution is -0.121. The lowest BCUT2D eigenvalue weighted by atomic mass is 9.94. The van der Waals surface area contributed by atoms with Gasteiger partial charge in [0.1, 0.15) is 11.0 Å². The number of hydrogen-bond donors (Lipinski definition) is 1. The second kappa shape index (κ2) is 5.19. The number of rotatable bonds is 2. The van der Waals surface area contributed by atoms with Gasteiger partial charge in [-0.15, -0.1) is 0 Å². The predicted molar refractivity (Wildman–Crippen MR) is 87.6 cm³/mol. The molecule has 7 heteroatoms. The van der Waals surface area contributed by atoms with Crippen molar-refractivity contribution < 1.29 is 14.3 Å². The topological polar surface area (TPSA) is 85.5 Å². The van der Waals surface area contributed by atoms with Crippen LogP contribution in [0.15, 0.2) is 22.8 Å². The van der Waals surface area contributed by atoms with E-state index in [0.717, 1.165) is 4.47 Å². The van der Waals surface area contributed by atoms with Gasteiger partial charge < -0.3 is 15.4 Å². The molecule has 2 unspecified atom stereocenters. The van der Waals surface area contributed by atoms with Crippen LogP contribution in [0.2, 0.25) is 0 Å². The van der Waals surface area contributed by atoms with E-state index in [4.69, 9.17) is 10.5 Å². The molecule has 2 amide bonds. The van der Waals surface area contributed by atoms with Gasteiger partial charge in [-0.05, 0) is 48.8 Å². The normalized spacial score (nSPS) is 29.1. The number of pyridine rings is 1. The zero-order valence-electron chi connectivity index (χ0n) is 13.4. The van der Waals surface area contributed by atoms with E-state index in [-0.39, 0.29) is 23.8 Å². The van der Waals surface area contributed by atoms with E-state index in [1.165, 1.54) is 0 Å². The van der Waals surface area contributed by atoms with E-state index in [1.54, 1.807) is 11.1 Å². The summed E-state index contributed by atoms with van der Waals surface area (Å²) in [5.74, 6) is -0.339. The highest BCUT2D eigenvalue weighted by Gasteiger charge is 2.74. The number of ether oxygens (including phenoxy) is 1. The van der Waals surface area contributed by atoms with Gasteiger partial charge in [0.2, 0.25) is 5.91 Å². The Kier molecular flexibility index (Phi) is 3.66. The molecule has 3 rings (SSSR count). The third-order valence-electron chi connectivity index (χ3n) is 4.59. The van der Waals surface area contributed by atoms with E-state index in [1.807, 2.05) is 32.9 Å². The molecular formula is C16H20BrN3O3. The maximum absolute atomic E-state index is 12.2. The number of carbonyl (C=O) groups is 2. The molecule has 2 N–H and O–H groups in total. The summed E-state index contributed by atoms with van der Waals surface area (Å²) in [6, 6.07) is 3.68. The van der Waals surface area contributed by atoms with Crippen molar-refractivity contribution in [2.45, 2.75) is 31.8 Å². The minimum absolute atomic E-state index is 0.0150. The van der Waals surface area contributed by atoms with Crippen molar-refractivity contribution in [1.82, 2.24) is 9.88 Å². The lowest BCUT2D eigenvalue weighted by Gasteiger charge is -2.28. The standard InChI is InChI=1S/C16H20BrN3O3/c1-15(2,3)23-14(22)20-7-10-11(8-20)16(10,13(18)21)12-5-4-9(17)6-19-12/h4-6,10-11H,7-8H2,1-3H3,(H2,18,21). The quantitative estimate of drug-likeness (QED) is 0.849. The molecule has 2 aliphatic rings. The molecule has 1 saturated heterocycles. The number of carbonyl (C=O) groups excluding carboxylic acids is 2. The highest BCUT2D eigenvalue weighted by molar-refractivity contribution is 9.10. The van der Waals surface area contributed by atoms with Gasteiger partial charge in [-0.2, -0.15) is 0 Å². The molecular weight excluding hydrogens is 362 g/mol. The average molecular weight is 382 g/mol. The first kappa shape index (κ1) is 16.2. The van der Waals surface area contributed by atoms with Gasteiger partial charge >= 0.3 is 6.09 Å². The monoisotopic (exact) mass is 381 g/mol. The molecule has 124 valence electrons. The van der Waals surface area contributed by atoms with Gasteiger partial charge in [0.15, 0.2) is 0 Å². The minimum Gasteiger partial charge on any atom is -0.444 e. The van der Waals surface area contributed by atoms with Gasteiger partial charge in [-0.3, -0.25) is 9.78 Å². The summed E-state index contributed by atoms with van der Waals surface area (Å²) in [4.78, 5) is 30.3. The Morgan fingerprint density at radius 1 is 1.35 bits per heavy atom. The number of likely N-dealkylation sites (tertiary alicyclic amines) is 1. The third-order valence-corrected chi connectivity index (χ3v) is 5.06. The Morgan fingerprint density at radius 3 is 2.39 bits per heavy atom. The van der Waals surface area contributed by atoms with Crippen molar-refractivity contribution in [2.24, 2.45) is 17.6 Å². The summed E-state index contributed by atoms with van der Waals surface area (Å²) in [7, 11) is 0. The number of primary amides is 1. The van der Waals surface area contributed by atoms with E-state index >= 15 is 0 Å². The highest BCUT2D eigenvalue weighted by Crippen LogP contribution is 2.63. The second-order valence-corrected chi connectivity index (χ2v) is 8.11. The number of piperidine rings is 1. The number of nitrogens with zero attached hydrogens (tertiary/aromatic N) is 2. The number of fused-ring (bicyclic) bond motifs is 1. The van der Waals surface area contributed by atoms with Crippen LogP contribution in [0.4, 0.5) is 4.79 Å². The largest absolute Gasteiger partial charge is 0.444 e. The van der Waals surface area contributed by atoms with Crippen molar-refractivity contribution >= 4 is 27.9 Å². The van der Waals surface area contributed by atoms with Crippen molar-refractivity contribution in [3.63, 3.8) is 0 Å². The van der Waals surface area contributed by atoms with Crippen molar-refractivity contribution in [1.29, 1.82) is 0 Å². The molecule has 1 saturated carbocycles. The second-order valence-electron chi connectivity index (χ2n) is 7.19. The number of hydrogen-bond acceptors (Lipinski definition) is 4. The summed E-state index contributed by atoms with van der Waals surface area (Å²) < 4.78 is 6.24. The molecule has 6 nitrogen and oxygen atoms in total. The molecule has 0 radical (unpaired) electrons. The van der Waals surface area contributed by atoms with Gasteiger partial charge in [-0.25, -0.2) is 4.79 Å². The summed E-state index contributed by atoms with van der Waals surface area (Å²) in [5.41, 5.74) is 5.10. The van der Waals surface area contributed by atoms with Gasteiger partial charge in [0.25, 0.3) is 0 Å². The molecule has 1 aromatic rings. The van der Waals surface area contributed by atoms with Crippen molar-refractivity contribution in [3.05, 3.63) is 28.5 Å². The minimum atomic E-state index is -0.751. The Bertz CT molecular complexity index is 642. The van der Waals surface area contributed by atoms with E-state index < -0.39 is 11.0 Å². The smallest absolute Gasteiger partial charge is 0.410 e. The fraction of sp³-hybridized carbons (Fsp3) is 0.562.